The SMILES string of the molecule is CCOc1ccc(-c2nc(C#N)c(N3C[C@@H](C)C[C@H](C)C3)o2)cc1. The van der Waals surface area contributed by atoms with Crippen LogP contribution in [0.4, 0.5) is 5.88 Å². The van der Waals surface area contributed by atoms with Gasteiger partial charge >= 0.3 is 0 Å². The summed E-state index contributed by atoms with van der Waals surface area (Å²) >= 11 is 0. The number of rotatable bonds is 4. The fourth-order valence-corrected chi connectivity index (χ4v) is 3.41. The van der Waals surface area contributed by atoms with Crippen LogP contribution in [-0.2, 0) is 0 Å². The summed E-state index contributed by atoms with van der Waals surface area (Å²) in [5, 5.41) is 9.44. The molecule has 5 nitrogen and oxygen atoms in total. The van der Waals surface area contributed by atoms with Gasteiger partial charge in [0.2, 0.25) is 17.5 Å². The molecule has 24 heavy (non-hydrogen) atoms. The van der Waals surface area contributed by atoms with Crippen molar-refractivity contribution < 1.29 is 9.15 Å². The van der Waals surface area contributed by atoms with Gasteiger partial charge in [-0.2, -0.15) is 10.2 Å². The van der Waals surface area contributed by atoms with Crippen LogP contribution in [0.1, 0.15) is 32.9 Å². The predicted octanol–water partition coefficient (Wildman–Crippen LogP) is 4.09. The second-order valence-corrected chi connectivity index (χ2v) is 6.59. The van der Waals surface area contributed by atoms with Gasteiger partial charge in [-0.05, 0) is 49.4 Å². The Bertz CT molecular complexity index is 720. The zero-order valence-corrected chi connectivity index (χ0v) is 14.5. The van der Waals surface area contributed by atoms with E-state index < -0.39 is 0 Å². The zero-order valence-electron chi connectivity index (χ0n) is 14.5. The lowest BCUT2D eigenvalue weighted by Crippen LogP contribution is -2.38. The first-order chi connectivity index (χ1) is 11.6. The smallest absolute Gasteiger partial charge is 0.235 e. The van der Waals surface area contributed by atoms with Gasteiger partial charge in [-0.1, -0.05) is 13.8 Å². The van der Waals surface area contributed by atoms with E-state index in [9.17, 15) is 5.26 Å². The first-order valence-electron chi connectivity index (χ1n) is 8.49. The Morgan fingerprint density at radius 1 is 1.25 bits per heavy atom. The molecule has 1 aliphatic heterocycles. The van der Waals surface area contributed by atoms with E-state index in [0.29, 0.717) is 35.9 Å². The van der Waals surface area contributed by atoms with Crippen molar-refractivity contribution in [3.8, 4) is 23.3 Å². The summed E-state index contributed by atoms with van der Waals surface area (Å²) in [7, 11) is 0. The lowest BCUT2D eigenvalue weighted by Gasteiger charge is -2.34. The highest BCUT2D eigenvalue weighted by Gasteiger charge is 2.27. The van der Waals surface area contributed by atoms with Crippen LogP contribution in [0.25, 0.3) is 11.5 Å². The summed E-state index contributed by atoms with van der Waals surface area (Å²) in [6.07, 6.45) is 1.21. The molecule has 2 aromatic rings. The normalized spacial score (nSPS) is 20.7. The molecule has 0 saturated carbocycles. The minimum Gasteiger partial charge on any atom is -0.494 e. The van der Waals surface area contributed by atoms with Crippen LogP contribution in [0.2, 0.25) is 0 Å². The van der Waals surface area contributed by atoms with Crippen molar-refractivity contribution in [3.05, 3.63) is 30.0 Å². The van der Waals surface area contributed by atoms with Gasteiger partial charge in [0, 0.05) is 18.7 Å². The number of benzene rings is 1. The molecule has 126 valence electrons. The van der Waals surface area contributed by atoms with Crippen LogP contribution in [0.5, 0.6) is 5.75 Å². The van der Waals surface area contributed by atoms with Gasteiger partial charge in [0.1, 0.15) is 11.8 Å². The second kappa shape index (κ2) is 6.96. The minimum absolute atomic E-state index is 0.361. The molecule has 0 amide bonds. The molecule has 2 atom stereocenters. The summed E-state index contributed by atoms with van der Waals surface area (Å²) in [6, 6.07) is 9.76. The van der Waals surface area contributed by atoms with Gasteiger partial charge in [0.05, 0.1) is 6.61 Å². The third-order valence-electron chi connectivity index (χ3n) is 4.28. The van der Waals surface area contributed by atoms with E-state index in [1.165, 1.54) is 6.42 Å². The molecule has 0 unspecified atom stereocenters. The van der Waals surface area contributed by atoms with Gasteiger partial charge in [0.15, 0.2) is 0 Å². The van der Waals surface area contributed by atoms with Gasteiger partial charge in [-0.3, -0.25) is 0 Å². The number of hydrogen-bond donors (Lipinski definition) is 0. The Morgan fingerprint density at radius 3 is 2.50 bits per heavy atom. The van der Waals surface area contributed by atoms with Gasteiger partial charge < -0.3 is 14.1 Å². The topological polar surface area (TPSA) is 62.3 Å². The summed E-state index contributed by atoms with van der Waals surface area (Å²) in [5.41, 5.74) is 1.21. The molecular weight excluding hydrogens is 302 g/mol. The second-order valence-electron chi connectivity index (χ2n) is 6.59. The van der Waals surface area contributed by atoms with Crippen LogP contribution in [-0.4, -0.2) is 24.7 Å². The lowest BCUT2D eigenvalue weighted by atomic mass is 9.92. The molecule has 3 rings (SSSR count). The molecular formula is C19H23N3O2. The molecule has 0 spiro atoms. The number of hydrogen-bond acceptors (Lipinski definition) is 5. The Hall–Kier alpha value is -2.48. The predicted molar refractivity (Wildman–Crippen MR) is 93.0 cm³/mol. The van der Waals surface area contributed by atoms with Crippen molar-refractivity contribution in [2.24, 2.45) is 11.8 Å². The number of nitriles is 1. The van der Waals surface area contributed by atoms with Gasteiger partial charge in [-0.25, -0.2) is 0 Å². The fraction of sp³-hybridized carbons (Fsp3) is 0.474. The highest BCUT2D eigenvalue weighted by Crippen LogP contribution is 2.32. The molecule has 1 aromatic carbocycles. The number of aromatic nitrogens is 1. The summed E-state index contributed by atoms with van der Waals surface area (Å²) in [5.74, 6) is 3.06. The molecule has 0 N–H and O–H groups in total. The first kappa shape index (κ1) is 16.4. The van der Waals surface area contributed by atoms with Crippen molar-refractivity contribution >= 4 is 5.88 Å². The molecule has 1 aliphatic rings. The molecule has 0 radical (unpaired) electrons. The van der Waals surface area contributed by atoms with Crippen LogP contribution in [0.15, 0.2) is 28.7 Å². The maximum atomic E-state index is 9.44. The average Bonchev–Trinajstić information content (AvgIpc) is 2.99. The van der Waals surface area contributed by atoms with Crippen molar-refractivity contribution in [1.29, 1.82) is 5.26 Å². The van der Waals surface area contributed by atoms with Crippen LogP contribution in [0, 0.1) is 23.2 Å². The molecule has 2 heterocycles. The summed E-state index contributed by atoms with van der Waals surface area (Å²) < 4.78 is 11.4. The number of piperidine rings is 1. The van der Waals surface area contributed by atoms with E-state index in [1.807, 2.05) is 31.2 Å². The molecule has 0 bridgehead atoms. The summed E-state index contributed by atoms with van der Waals surface area (Å²) in [6.45, 7) is 8.85. The first-order valence-corrected chi connectivity index (χ1v) is 8.49. The van der Waals surface area contributed by atoms with Crippen molar-refractivity contribution in [2.75, 3.05) is 24.6 Å². The highest BCUT2D eigenvalue weighted by molar-refractivity contribution is 5.60. The molecule has 0 aliphatic carbocycles. The molecule has 1 aromatic heterocycles. The van der Waals surface area contributed by atoms with Crippen molar-refractivity contribution in [3.63, 3.8) is 0 Å². The Kier molecular flexibility index (Phi) is 4.75. The number of nitrogens with zero attached hydrogens (tertiary/aromatic N) is 3. The van der Waals surface area contributed by atoms with Crippen LogP contribution in [0.3, 0.4) is 0 Å². The average molecular weight is 325 g/mol. The molecule has 5 heteroatoms. The molecule has 1 fully saturated rings. The zero-order chi connectivity index (χ0) is 17.1. The standard InChI is InChI=1S/C19H23N3O2/c1-4-23-16-7-5-15(6-8-16)18-21-17(10-20)19(24-18)22-11-13(2)9-14(3)12-22/h5-8,13-14H,4,9,11-12H2,1-3H3/t13-,14-/m0/s1. The largest absolute Gasteiger partial charge is 0.494 e. The van der Waals surface area contributed by atoms with Crippen LogP contribution >= 0.6 is 0 Å². The van der Waals surface area contributed by atoms with E-state index in [-0.39, 0.29) is 0 Å². The third kappa shape index (κ3) is 3.38. The number of oxazole rings is 1. The summed E-state index contributed by atoms with van der Waals surface area (Å²) in [4.78, 5) is 6.54. The third-order valence-corrected chi connectivity index (χ3v) is 4.28. The van der Waals surface area contributed by atoms with E-state index in [4.69, 9.17) is 9.15 Å². The monoisotopic (exact) mass is 325 g/mol. The van der Waals surface area contributed by atoms with E-state index in [1.54, 1.807) is 0 Å². The van der Waals surface area contributed by atoms with Crippen LogP contribution < -0.4 is 9.64 Å². The van der Waals surface area contributed by atoms with E-state index in [0.717, 1.165) is 24.4 Å². The van der Waals surface area contributed by atoms with Gasteiger partial charge in [0.25, 0.3) is 0 Å². The van der Waals surface area contributed by atoms with E-state index in [2.05, 4.69) is 29.8 Å². The Balaban J connectivity index is 1.88. The number of anilines is 1. The minimum atomic E-state index is 0.361. The number of ether oxygens (including phenoxy) is 1. The van der Waals surface area contributed by atoms with E-state index >= 15 is 0 Å². The Labute approximate surface area is 142 Å². The van der Waals surface area contributed by atoms with Crippen molar-refractivity contribution in [1.82, 2.24) is 4.98 Å². The Morgan fingerprint density at radius 2 is 1.92 bits per heavy atom. The lowest BCUT2D eigenvalue weighted by molar-refractivity contribution is 0.340. The van der Waals surface area contributed by atoms with Crippen molar-refractivity contribution in [2.45, 2.75) is 27.2 Å². The fourth-order valence-electron chi connectivity index (χ4n) is 3.41. The maximum absolute atomic E-state index is 9.44. The van der Waals surface area contributed by atoms with Gasteiger partial charge in [-0.15, -0.1) is 0 Å². The maximum Gasteiger partial charge on any atom is 0.235 e. The quantitative estimate of drug-likeness (QED) is 0.847. The molecule has 1 saturated heterocycles. The highest BCUT2D eigenvalue weighted by atomic mass is 16.5.